The van der Waals surface area contributed by atoms with Crippen LogP contribution in [0.15, 0.2) is 65.7 Å². The molecule has 0 bridgehead atoms. The number of nitrogens with zero attached hydrogens (tertiary/aromatic N) is 2. The van der Waals surface area contributed by atoms with Gasteiger partial charge in [-0.3, -0.25) is 0 Å². The highest BCUT2D eigenvalue weighted by Crippen LogP contribution is 2.39. The Balaban J connectivity index is 1.85. The third-order valence-corrected chi connectivity index (χ3v) is 7.02. The van der Waals surface area contributed by atoms with Crippen molar-refractivity contribution in [2.45, 2.75) is 17.5 Å². The maximum absolute atomic E-state index is 14.7. The highest BCUT2D eigenvalue weighted by molar-refractivity contribution is 7.89. The average molecular weight is 416 g/mol. The lowest BCUT2D eigenvalue weighted by Gasteiger charge is -2.36. The minimum absolute atomic E-state index is 0.0662. The molecular weight excluding hydrogens is 395 g/mol. The second kappa shape index (κ2) is 7.53. The maximum atomic E-state index is 14.7. The van der Waals surface area contributed by atoms with E-state index in [1.807, 2.05) is 22.9 Å². The summed E-state index contributed by atoms with van der Waals surface area (Å²) in [7, 11) is -1.00. The standard InChI is InChI=1S/C21H21FN2O4S/c1-27-19-10-9-15(14-20(19)28-2)29(25,26)24-13-12-23-11-5-8-18(23)21(24)16-6-3-4-7-17(16)22/h3-11,14,21H,12-13H2,1-2H3/t21-/m1/s1. The van der Waals surface area contributed by atoms with E-state index in [0.29, 0.717) is 23.6 Å². The van der Waals surface area contributed by atoms with E-state index in [-0.39, 0.29) is 11.4 Å². The number of methoxy groups -OCH3 is 2. The molecule has 152 valence electrons. The van der Waals surface area contributed by atoms with Crippen LogP contribution in [0.3, 0.4) is 0 Å². The van der Waals surface area contributed by atoms with Gasteiger partial charge in [0.05, 0.1) is 25.2 Å². The van der Waals surface area contributed by atoms with Crippen LogP contribution in [0.25, 0.3) is 0 Å². The van der Waals surface area contributed by atoms with Gasteiger partial charge in [-0.05, 0) is 30.3 Å². The van der Waals surface area contributed by atoms with E-state index in [4.69, 9.17) is 9.47 Å². The molecule has 1 aliphatic heterocycles. The number of rotatable bonds is 5. The van der Waals surface area contributed by atoms with Crippen LogP contribution in [0.4, 0.5) is 4.39 Å². The van der Waals surface area contributed by atoms with Crippen LogP contribution in [0.1, 0.15) is 17.3 Å². The monoisotopic (exact) mass is 416 g/mol. The van der Waals surface area contributed by atoms with Crippen molar-refractivity contribution < 1.29 is 22.3 Å². The number of benzene rings is 2. The highest BCUT2D eigenvalue weighted by Gasteiger charge is 2.39. The van der Waals surface area contributed by atoms with Crippen molar-refractivity contribution in [3.05, 3.63) is 77.9 Å². The van der Waals surface area contributed by atoms with Gasteiger partial charge in [-0.25, -0.2) is 12.8 Å². The number of ether oxygens (including phenoxy) is 2. The van der Waals surface area contributed by atoms with Gasteiger partial charge in [-0.15, -0.1) is 0 Å². The molecule has 29 heavy (non-hydrogen) atoms. The third-order valence-electron chi connectivity index (χ3n) is 5.16. The smallest absolute Gasteiger partial charge is 0.244 e. The van der Waals surface area contributed by atoms with Gasteiger partial charge in [-0.1, -0.05) is 18.2 Å². The van der Waals surface area contributed by atoms with Gasteiger partial charge in [0.2, 0.25) is 10.0 Å². The minimum Gasteiger partial charge on any atom is -0.493 e. The number of sulfonamides is 1. The van der Waals surface area contributed by atoms with Crippen LogP contribution in [-0.4, -0.2) is 38.1 Å². The fourth-order valence-electron chi connectivity index (χ4n) is 3.74. The van der Waals surface area contributed by atoms with Gasteiger partial charge in [0.25, 0.3) is 0 Å². The molecule has 0 radical (unpaired) electrons. The summed E-state index contributed by atoms with van der Waals surface area (Å²) in [5.41, 5.74) is 1.04. The van der Waals surface area contributed by atoms with Crippen LogP contribution in [0, 0.1) is 5.82 Å². The van der Waals surface area contributed by atoms with Crippen molar-refractivity contribution in [2.75, 3.05) is 20.8 Å². The molecule has 0 saturated carbocycles. The molecule has 0 spiro atoms. The van der Waals surface area contributed by atoms with E-state index < -0.39 is 21.9 Å². The second-order valence-electron chi connectivity index (χ2n) is 6.68. The first-order chi connectivity index (χ1) is 14.0. The quantitative estimate of drug-likeness (QED) is 0.639. The summed E-state index contributed by atoms with van der Waals surface area (Å²) in [6.07, 6.45) is 1.88. The van der Waals surface area contributed by atoms with Gasteiger partial charge >= 0.3 is 0 Å². The Morgan fingerprint density at radius 1 is 0.966 bits per heavy atom. The molecule has 0 aliphatic carbocycles. The van der Waals surface area contributed by atoms with Crippen LogP contribution >= 0.6 is 0 Å². The van der Waals surface area contributed by atoms with E-state index in [9.17, 15) is 12.8 Å². The molecular formula is C21H21FN2O4S. The highest BCUT2D eigenvalue weighted by atomic mass is 32.2. The van der Waals surface area contributed by atoms with Gasteiger partial charge in [0.1, 0.15) is 5.82 Å². The lowest BCUT2D eigenvalue weighted by atomic mass is 10.0. The van der Waals surface area contributed by atoms with Crippen LogP contribution in [-0.2, 0) is 16.6 Å². The molecule has 0 N–H and O–H groups in total. The summed E-state index contributed by atoms with van der Waals surface area (Å²) < 4.78 is 55.6. The zero-order valence-corrected chi connectivity index (χ0v) is 16.9. The molecule has 0 amide bonds. The summed E-state index contributed by atoms with van der Waals surface area (Å²) in [5.74, 6) is 0.306. The minimum atomic E-state index is -3.94. The average Bonchev–Trinajstić information content (AvgIpc) is 3.22. The molecule has 2 heterocycles. The SMILES string of the molecule is COc1ccc(S(=O)(=O)N2CCn3cccc3[C@H]2c2ccccc2F)cc1OC. The van der Waals surface area contributed by atoms with Crippen molar-refractivity contribution in [1.82, 2.24) is 8.87 Å². The Labute approximate surface area is 169 Å². The zero-order chi connectivity index (χ0) is 20.6. The van der Waals surface area contributed by atoms with E-state index in [1.165, 1.54) is 36.7 Å². The molecule has 8 heteroatoms. The van der Waals surface area contributed by atoms with Crippen molar-refractivity contribution in [2.24, 2.45) is 0 Å². The van der Waals surface area contributed by atoms with Gasteiger partial charge < -0.3 is 14.0 Å². The van der Waals surface area contributed by atoms with Crippen molar-refractivity contribution in [1.29, 1.82) is 0 Å². The normalized spacial score (nSPS) is 17.0. The van der Waals surface area contributed by atoms with Gasteiger partial charge in [-0.2, -0.15) is 4.31 Å². The third kappa shape index (κ3) is 3.28. The number of fused-ring (bicyclic) bond motifs is 1. The molecule has 1 aromatic heterocycles. The van der Waals surface area contributed by atoms with Crippen LogP contribution < -0.4 is 9.47 Å². The summed E-state index contributed by atoms with van der Waals surface area (Å²) in [6, 6.07) is 13.6. The van der Waals surface area contributed by atoms with Crippen molar-refractivity contribution >= 4 is 10.0 Å². The van der Waals surface area contributed by atoms with Crippen molar-refractivity contribution in [3.8, 4) is 11.5 Å². The van der Waals surface area contributed by atoms with E-state index in [0.717, 1.165) is 5.69 Å². The first-order valence-electron chi connectivity index (χ1n) is 9.10. The summed E-state index contributed by atoms with van der Waals surface area (Å²) in [4.78, 5) is 0.0662. The molecule has 3 aromatic rings. The predicted molar refractivity (Wildman–Crippen MR) is 106 cm³/mol. The first-order valence-corrected chi connectivity index (χ1v) is 10.5. The Morgan fingerprint density at radius 3 is 2.45 bits per heavy atom. The largest absolute Gasteiger partial charge is 0.493 e. The van der Waals surface area contributed by atoms with E-state index in [2.05, 4.69) is 0 Å². The Hall–Kier alpha value is -2.84. The van der Waals surface area contributed by atoms with Crippen LogP contribution in [0.5, 0.6) is 11.5 Å². The fraction of sp³-hybridized carbons (Fsp3) is 0.238. The molecule has 1 atom stereocenters. The maximum Gasteiger partial charge on any atom is 0.244 e. The predicted octanol–water partition coefficient (Wildman–Crippen LogP) is 3.44. The van der Waals surface area contributed by atoms with Gasteiger partial charge in [0, 0.05) is 36.6 Å². The molecule has 6 nitrogen and oxygen atoms in total. The molecule has 0 fully saturated rings. The number of hydrogen-bond donors (Lipinski definition) is 0. The molecule has 0 unspecified atom stereocenters. The zero-order valence-electron chi connectivity index (χ0n) is 16.1. The summed E-state index contributed by atoms with van der Waals surface area (Å²) >= 11 is 0. The molecule has 2 aromatic carbocycles. The van der Waals surface area contributed by atoms with Gasteiger partial charge in [0.15, 0.2) is 11.5 Å². The van der Waals surface area contributed by atoms with Crippen LogP contribution in [0.2, 0.25) is 0 Å². The summed E-state index contributed by atoms with van der Waals surface area (Å²) in [5, 5.41) is 0. The Kier molecular flexibility index (Phi) is 5.06. The number of aromatic nitrogens is 1. The van der Waals surface area contributed by atoms with E-state index >= 15 is 0 Å². The molecule has 4 rings (SSSR count). The van der Waals surface area contributed by atoms with E-state index in [1.54, 1.807) is 24.3 Å². The fourth-order valence-corrected chi connectivity index (χ4v) is 5.33. The second-order valence-corrected chi connectivity index (χ2v) is 8.57. The number of halogens is 1. The van der Waals surface area contributed by atoms with Crippen molar-refractivity contribution in [3.63, 3.8) is 0 Å². The lowest BCUT2D eigenvalue weighted by Crippen LogP contribution is -2.42. The Bertz CT molecular complexity index is 1140. The first kappa shape index (κ1) is 19.5. The summed E-state index contributed by atoms with van der Waals surface area (Å²) in [6.45, 7) is 0.706. The molecule has 1 aliphatic rings. The Morgan fingerprint density at radius 2 is 1.72 bits per heavy atom. The number of hydrogen-bond acceptors (Lipinski definition) is 4. The topological polar surface area (TPSA) is 60.8 Å². The molecule has 0 saturated heterocycles. The lowest BCUT2D eigenvalue weighted by molar-refractivity contribution is 0.292.